The molecule has 0 saturated carbocycles. The molecule has 4 nitrogen and oxygen atoms in total. The Morgan fingerprint density at radius 2 is 2.13 bits per heavy atom. The number of ketones is 1. The lowest BCUT2D eigenvalue weighted by Gasteiger charge is -2.26. The van der Waals surface area contributed by atoms with Crippen molar-refractivity contribution >= 4 is 34.8 Å². The smallest absolute Gasteiger partial charge is 0.161 e. The second-order valence-electron chi connectivity index (χ2n) is 5.15. The summed E-state index contributed by atoms with van der Waals surface area (Å²) in [5.74, 6) is 2.49. The fraction of sp³-hybridized carbons (Fsp3) is 0.412. The Bertz CT molecular complexity index is 577. The molecule has 0 N–H and O–H groups in total. The monoisotopic (exact) mass is 351 g/mol. The van der Waals surface area contributed by atoms with E-state index in [4.69, 9.17) is 21.7 Å². The van der Waals surface area contributed by atoms with Gasteiger partial charge in [0.1, 0.15) is 24.4 Å². The molecule has 0 spiro atoms. The second kappa shape index (κ2) is 8.93. The van der Waals surface area contributed by atoms with Crippen molar-refractivity contribution in [2.45, 2.75) is 18.7 Å². The average molecular weight is 351 g/mol. The molecule has 1 aromatic carbocycles. The summed E-state index contributed by atoms with van der Waals surface area (Å²) in [6, 6.07) is 7.58. The molecule has 1 heterocycles. The van der Waals surface area contributed by atoms with E-state index >= 15 is 0 Å². The number of Topliss-reactive ketones (excluding diaryl/α,β-unsaturated/α-hetero) is 1. The first-order valence-electron chi connectivity index (χ1n) is 7.48. The highest BCUT2D eigenvalue weighted by Gasteiger charge is 2.28. The number of thioether (sulfide) groups is 1. The fourth-order valence-electron chi connectivity index (χ4n) is 2.26. The Kier molecular flexibility index (Phi) is 6.92. The van der Waals surface area contributed by atoms with Gasteiger partial charge in [-0.05, 0) is 19.1 Å². The summed E-state index contributed by atoms with van der Waals surface area (Å²) in [7, 11) is 0. The van der Waals surface area contributed by atoms with E-state index in [-0.39, 0.29) is 11.2 Å². The summed E-state index contributed by atoms with van der Waals surface area (Å²) >= 11 is 7.18. The molecule has 0 radical (unpaired) electrons. The molecule has 23 heavy (non-hydrogen) atoms. The lowest BCUT2D eigenvalue weighted by atomic mass is 10.3. The molecule has 0 aromatic heterocycles. The molecule has 0 aliphatic carbocycles. The minimum Gasteiger partial charge on any atom is -0.487 e. The second-order valence-corrected chi connectivity index (χ2v) is 6.91. The normalized spacial score (nSPS) is 16.9. The van der Waals surface area contributed by atoms with Crippen molar-refractivity contribution in [2.75, 3.05) is 25.5 Å². The van der Waals surface area contributed by atoms with E-state index in [0.717, 1.165) is 12.3 Å². The van der Waals surface area contributed by atoms with E-state index in [9.17, 15) is 4.79 Å². The zero-order valence-electron chi connectivity index (χ0n) is 13.2. The van der Waals surface area contributed by atoms with Gasteiger partial charge in [0.15, 0.2) is 11.5 Å². The Morgan fingerprint density at radius 1 is 1.43 bits per heavy atom. The molecule has 0 amide bonds. The number of benzene rings is 1. The highest BCUT2D eigenvalue weighted by atomic mass is 32.2. The van der Waals surface area contributed by atoms with Crippen molar-refractivity contribution in [2.24, 2.45) is 0 Å². The molecule has 1 atom stereocenters. The van der Waals surface area contributed by atoms with Crippen LogP contribution in [0.15, 0.2) is 36.9 Å². The van der Waals surface area contributed by atoms with Gasteiger partial charge in [-0.2, -0.15) is 0 Å². The highest BCUT2D eigenvalue weighted by molar-refractivity contribution is 8.00. The van der Waals surface area contributed by atoms with E-state index in [1.807, 2.05) is 24.3 Å². The quantitative estimate of drug-likeness (QED) is 0.528. The number of carbonyl (C=O) groups is 1. The van der Waals surface area contributed by atoms with E-state index in [1.54, 1.807) is 24.8 Å². The molecule has 2 rings (SSSR count). The van der Waals surface area contributed by atoms with Crippen LogP contribution in [0.3, 0.4) is 0 Å². The summed E-state index contributed by atoms with van der Waals surface area (Å²) in [6.07, 6.45) is 2.02. The maximum atomic E-state index is 11.3. The van der Waals surface area contributed by atoms with Crippen molar-refractivity contribution in [3.8, 4) is 11.5 Å². The van der Waals surface area contributed by atoms with Crippen LogP contribution in [0.2, 0.25) is 0 Å². The number of rotatable bonds is 8. The van der Waals surface area contributed by atoms with E-state index in [0.29, 0.717) is 36.1 Å². The van der Waals surface area contributed by atoms with Crippen LogP contribution < -0.4 is 9.47 Å². The van der Waals surface area contributed by atoms with E-state index < -0.39 is 0 Å². The predicted octanol–water partition coefficient (Wildman–Crippen LogP) is 3.31. The average Bonchev–Trinajstić information content (AvgIpc) is 2.99. The molecule has 1 aliphatic heterocycles. The third-order valence-electron chi connectivity index (χ3n) is 3.30. The Labute approximate surface area is 146 Å². The fourth-order valence-corrected chi connectivity index (χ4v) is 3.90. The molecule has 1 saturated heterocycles. The van der Waals surface area contributed by atoms with Crippen LogP contribution in [0.1, 0.15) is 13.3 Å². The van der Waals surface area contributed by atoms with Crippen LogP contribution in [0.4, 0.5) is 0 Å². The molecular weight excluding hydrogens is 330 g/mol. The van der Waals surface area contributed by atoms with Gasteiger partial charge in [-0.3, -0.25) is 4.79 Å². The highest BCUT2D eigenvalue weighted by Crippen LogP contribution is 2.30. The number of ether oxygens (including phenoxy) is 2. The van der Waals surface area contributed by atoms with Crippen LogP contribution in [0, 0.1) is 0 Å². The summed E-state index contributed by atoms with van der Waals surface area (Å²) in [4.78, 5) is 14.1. The van der Waals surface area contributed by atoms with Crippen molar-refractivity contribution in [3.63, 3.8) is 0 Å². The topological polar surface area (TPSA) is 38.8 Å². The van der Waals surface area contributed by atoms with Crippen LogP contribution in [0.25, 0.3) is 0 Å². The molecular formula is C17H21NO3S2. The van der Waals surface area contributed by atoms with Gasteiger partial charge in [-0.25, -0.2) is 0 Å². The van der Waals surface area contributed by atoms with Gasteiger partial charge in [0.25, 0.3) is 0 Å². The number of hydrogen-bond acceptors (Lipinski definition) is 5. The number of nitrogens with zero attached hydrogens (tertiary/aromatic N) is 1. The number of thiocarbonyl (C=S) groups is 1. The van der Waals surface area contributed by atoms with Crippen molar-refractivity contribution < 1.29 is 14.3 Å². The third-order valence-corrected chi connectivity index (χ3v) is 4.87. The van der Waals surface area contributed by atoms with Crippen LogP contribution >= 0.6 is 24.0 Å². The third kappa shape index (κ3) is 5.25. The largest absolute Gasteiger partial charge is 0.487 e. The number of hydrogen-bond donors (Lipinski definition) is 0. The van der Waals surface area contributed by atoms with E-state index in [1.165, 1.54) is 0 Å². The van der Waals surface area contributed by atoms with Crippen molar-refractivity contribution in [1.82, 2.24) is 4.90 Å². The maximum absolute atomic E-state index is 11.3. The zero-order valence-corrected chi connectivity index (χ0v) is 14.8. The standard InChI is InChI=1S/C17H21NO3S2/c1-3-9-20-14-6-4-5-7-15(14)21-12-17-18(8-10-23-17)16(22)11-13(2)19/h3-7,17H,1,8-12H2,2H3. The van der Waals surface area contributed by atoms with Gasteiger partial charge in [0.2, 0.25) is 0 Å². The molecule has 1 aromatic rings. The SMILES string of the molecule is C=CCOc1ccccc1OCC1SCCN1C(=S)CC(C)=O. The zero-order chi connectivity index (χ0) is 16.7. The lowest BCUT2D eigenvalue weighted by molar-refractivity contribution is -0.115. The molecule has 1 fully saturated rings. The van der Waals surface area contributed by atoms with Crippen LogP contribution in [0.5, 0.6) is 11.5 Å². The van der Waals surface area contributed by atoms with Crippen LogP contribution in [-0.2, 0) is 4.79 Å². The van der Waals surface area contributed by atoms with Gasteiger partial charge in [0.05, 0.1) is 11.4 Å². The maximum Gasteiger partial charge on any atom is 0.161 e. The first-order chi connectivity index (χ1) is 11.1. The minimum atomic E-state index is 0.0924. The summed E-state index contributed by atoms with van der Waals surface area (Å²) < 4.78 is 11.5. The van der Waals surface area contributed by atoms with Gasteiger partial charge in [-0.1, -0.05) is 37.0 Å². The molecule has 1 unspecified atom stereocenters. The predicted molar refractivity (Wildman–Crippen MR) is 98.5 cm³/mol. The molecule has 1 aliphatic rings. The lowest BCUT2D eigenvalue weighted by Crippen LogP contribution is -2.37. The Balaban J connectivity index is 1.95. The molecule has 0 bridgehead atoms. The van der Waals surface area contributed by atoms with Crippen molar-refractivity contribution in [1.29, 1.82) is 0 Å². The Morgan fingerprint density at radius 3 is 2.78 bits per heavy atom. The summed E-state index contributed by atoms with van der Waals surface area (Å²) in [6.45, 7) is 7.01. The Hall–Kier alpha value is -1.53. The van der Waals surface area contributed by atoms with Gasteiger partial charge >= 0.3 is 0 Å². The van der Waals surface area contributed by atoms with Gasteiger partial charge < -0.3 is 14.4 Å². The van der Waals surface area contributed by atoms with Gasteiger partial charge in [0, 0.05) is 12.3 Å². The molecule has 6 heteroatoms. The number of carbonyl (C=O) groups excluding carboxylic acids is 1. The first-order valence-corrected chi connectivity index (χ1v) is 8.93. The van der Waals surface area contributed by atoms with Crippen LogP contribution in [-0.4, -0.2) is 46.6 Å². The van der Waals surface area contributed by atoms with Gasteiger partial charge in [-0.15, -0.1) is 11.8 Å². The van der Waals surface area contributed by atoms with E-state index in [2.05, 4.69) is 11.5 Å². The molecule has 124 valence electrons. The number of para-hydroxylation sites is 2. The summed E-state index contributed by atoms with van der Waals surface area (Å²) in [5.41, 5.74) is 0. The van der Waals surface area contributed by atoms with Crippen molar-refractivity contribution in [3.05, 3.63) is 36.9 Å². The summed E-state index contributed by atoms with van der Waals surface area (Å²) in [5, 5.41) is 0.134. The first kappa shape index (κ1) is 17.8. The minimum absolute atomic E-state index is 0.0924.